The number of nitrogens with one attached hydrogen (secondary N) is 2. The van der Waals surface area contributed by atoms with Crippen molar-refractivity contribution in [3.05, 3.63) is 65.2 Å². The summed E-state index contributed by atoms with van der Waals surface area (Å²) in [5, 5.41) is 14.0. The predicted octanol–water partition coefficient (Wildman–Crippen LogP) is 2.63. The van der Waals surface area contributed by atoms with E-state index in [1.165, 1.54) is 13.0 Å². The molecule has 7 nitrogen and oxygen atoms in total. The minimum Gasteiger partial charge on any atom is -0.325 e. The van der Waals surface area contributed by atoms with Gasteiger partial charge in [0.25, 0.3) is 5.91 Å². The first-order valence-electron chi connectivity index (χ1n) is 8.65. The SMILES string of the molecule is CC1(c2cc(F)ccc2F)NC(=O)N(CCC(=O)Nc2ccccc2C#N)C1=O. The van der Waals surface area contributed by atoms with Crippen LogP contribution >= 0.6 is 0 Å². The first kappa shape index (κ1) is 19.9. The number of imide groups is 1. The summed E-state index contributed by atoms with van der Waals surface area (Å²) in [4.78, 5) is 38.0. The van der Waals surface area contributed by atoms with E-state index in [1.807, 2.05) is 6.07 Å². The molecule has 148 valence electrons. The number of rotatable bonds is 5. The molecule has 9 heteroatoms. The van der Waals surface area contributed by atoms with E-state index in [4.69, 9.17) is 5.26 Å². The largest absolute Gasteiger partial charge is 0.325 e. The molecule has 0 aliphatic carbocycles. The molecule has 2 aromatic carbocycles. The predicted molar refractivity (Wildman–Crippen MR) is 98.4 cm³/mol. The molecule has 1 heterocycles. The third kappa shape index (κ3) is 3.78. The molecule has 0 saturated carbocycles. The zero-order chi connectivity index (χ0) is 21.2. The summed E-state index contributed by atoms with van der Waals surface area (Å²) < 4.78 is 27.7. The van der Waals surface area contributed by atoms with Crippen LogP contribution in [0, 0.1) is 23.0 Å². The summed E-state index contributed by atoms with van der Waals surface area (Å²) in [7, 11) is 0. The smallest absolute Gasteiger partial charge is 0.325 e. The lowest BCUT2D eigenvalue weighted by atomic mass is 9.91. The normalized spacial score (nSPS) is 18.3. The first-order chi connectivity index (χ1) is 13.8. The standard InChI is InChI=1S/C20H16F2N4O3/c1-20(14-10-13(21)6-7-15(14)22)18(28)26(19(29)25-20)9-8-17(27)24-16-5-3-2-4-12(16)11-23/h2-7,10H,8-9H2,1H3,(H,24,27)(H,25,29). The minimum atomic E-state index is -1.78. The van der Waals surface area contributed by atoms with Gasteiger partial charge in [-0.05, 0) is 37.3 Å². The Balaban J connectivity index is 1.71. The van der Waals surface area contributed by atoms with Crippen molar-refractivity contribution in [1.29, 1.82) is 5.26 Å². The van der Waals surface area contributed by atoms with Gasteiger partial charge in [-0.15, -0.1) is 0 Å². The molecule has 0 radical (unpaired) electrons. The fourth-order valence-corrected chi connectivity index (χ4v) is 3.08. The van der Waals surface area contributed by atoms with Crippen molar-refractivity contribution in [3.8, 4) is 6.07 Å². The van der Waals surface area contributed by atoms with Gasteiger partial charge < -0.3 is 10.6 Å². The van der Waals surface area contributed by atoms with Gasteiger partial charge in [-0.3, -0.25) is 14.5 Å². The maximum Gasteiger partial charge on any atom is 0.325 e. The van der Waals surface area contributed by atoms with Crippen LogP contribution in [0.3, 0.4) is 0 Å². The fourth-order valence-electron chi connectivity index (χ4n) is 3.08. The third-order valence-corrected chi connectivity index (χ3v) is 4.63. The molecule has 2 N–H and O–H groups in total. The van der Waals surface area contributed by atoms with E-state index in [0.717, 1.165) is 23.1 Å². The number of halogens is 2. The second-order valence-corrected chi connectivity index (χ2v) is 6.59. The van der Waals surface area contributed by atoms with Gasteiger partial charge in [-0.1, -0.05) is 12.1 Å². The van der Waals surface area contributed by atoms with Gasteiger partial charge in [-0.2, -0.15) is 5.26 Å². The Hall–Kier alpha value is -3.80. The topological polar surface area (TPSA) is 102 Å². The quantitative estimate of drug-likeness (QED) is 0.756. The van der Waals surface area contributed by atoms with E-state index in [2.05, 4.69) is 10.6 Å². The zero-order valence-electron chi connectivity index (χ0n) is 15.3. The van der Waals surface area contributed by atoms with Crippen LogP contribution in [-0.4, -0.2) is 29.3 Å². The highest BCUT2D eigenvalue weighted by Gasteiger charge is 2.50. The second kappa shape index (κ2) is 7.67. The van der Waals surface area contributed by atoms with Crippen LogP contribution in [0.5, 0.6) is 0 Å². The molecule has 1 aliphatic heterocycles. The van der Waals surface area contributed by atoms with Gasteiger partial charge in [0.1, 0.15) is 23.2 Å². The van der Waals surface area contributed by atoms with Gasteiger partial charge in [0.05, 0.1) is 11.3 Å². The van der Waals surface area contributed by atoms with Gasteiger partial charge in [0, 0.05) is 18.5 Å². The van der Waals surface area contributed by atoms with E-state index < -0.39 is 35.0 Å². The number of hydrogen-bond donors (Lipinski definition) is 2. The zero-order valence-corrected chi connectivity index (χ0v) is 15.3. The lowest BCUT2D eigenvalue weighted by Crippen LogP contribution is -2.42. The number of nitriles is 1. The Bertz CT molecular complexity index is 1050. The molecule has 29 heavy (non-hydrogen) atoms. The lowest BCUT2D eigenvalue weighted by Gasteiger charge is -2.22. The number of amides is 4. The van der Waals surface area contributed by atoms with Crippen LogP contribution in [0.4, 0.5) is 19.3 Å². The van der Waals surface area contributed by atoms with Crippen molar-refractivity contribution in [2.24, 2.45) is 0 Å². The summed E-state index contributed by atoms with van der Waals surface area (Å²) in [5.74, 6) is -2.90. The average Bonchev–Trinajstić information content (AvgIpc) is 2.91. The van der Waals surface area contributed by atoms with E-state index in [0.29, 0.717) is 5.69 Å². The minimum absolute atomic E-state index is 0.235. The molecule has 0 aromatic heterocycles. The summed E-state index contributed by atoms with van der Waals surface area (Å²) in [6.07, 6.45) is -0.235. The van der Waals surface area contributed by atoms with Crippen molar-refractivity contribution in [3.63, 3.8) is 0 Å². The molecular weight excluding hydrogens is 382 g/mol. The number of carbonyl (C=O) groups excluding carboxylic acids is 3. The number of para-hydroxylation sites is 1. The van der Waals surface area contributed by atoms with Crippen LogP contribution < -0.4 is 10.6 Å². The number of hydrogen-bond acceptors (Lipinski definition) is 4. The van der Waals surface area contributed by atoms with Gasteiger partial charge in [0.2, 0.25) is 5.91 Å². The molecule has 1 atom stereocenters. The Labute approximate surface area is 164 Å². The van der Waals surface area contributed by atoms with Crippen molar-refractivity contribution in [2.45, 2.75) is 18.9 Å². The molecule has 1 saturated heterocycles. The van der Waals surface area contributed by atoms with E-state index in [9.17, 15) is 23.2 Å². The van der Waals surface area contributed by atoms with Crippen LogP contribution in [0.1, 0.15) is 24.5 Å². The monoisotopic (exact) mass is 398 g/mol. The highest BCUT2D eigenvalue weighted by Crippen LogP contribution is 2.31. The number of urea groups is 1. The first-order valence-corrected chi connectivity index (χ1v) is 8.65. The molecule has 1 unspecified atom stereocenters. The molecule has 4 amide bonds. The second-order valence-electron chi connectivity index (χ2n) is 6.59. The number of nitrogens with zero attached hydrogens (tertiary/aromatic N) is 2. The summed E-state index contributed by atoms with van der Waals surface area (Å²) in [6.45, 7) is 1.01. The van der Waals surface area contributed by atoms with E-state index >= 15 is 0 Å². The van der Waals surface area contributed by atoms with Crippen LogP contribution in [0.25, 0.3) is 0 Å². The maximum atomic E-state index is 14.1. The van der Waals surface area contributed by atoms with Crippen LogP contribution in [-0.2, 0) is 15.1 Å². The van der Waals surface area contributed by atoms with Crippen LogP contribution in [0.15, 0.2) is 42.5 Å². The van der Waals surface area contributed by atoms with Crippen molar-refractivity contribution < 1.29 is 23.2 Å². The molecule has 0 spiro atoms. The fraction of sp³-hybridized carbons (Fsp3) is 0.200. The Morgan fingerprint density at radius 1 is 1.24 bits per heavy atom. The molecule has 2 aromatic rings. The highest BCUT2D eigenvalue weighted by atomic mass is 19.1. The summed E-state index contributed by atoms with van der Waals surface area (Å²) >= 11 is 0. The van der Waals surface area contributed by atoms with Gasteiger partial charge >= 0.3 is 6.03 Å². The number of carbonyl (C=O) groups is 3. The van der Waals surface area contributed by atoms with Gasteiger partial charge in [0.15, 0.2) is 0 Å². The van der Waals surface area contributed by atoms with E-state index in [-0.39, 0.29) is 24.1 Å². The highest BCUT2D eigenvalue weighted by molar-refractivity contribution is 6.07. The summed E-state index contributed by atoms with van der Waals surface area (Å²) in [5.41, 5.74) is -1.51. The lowest BCUT2D eigenvalue weighted by molar-refractivity contribution is -0.131. The Morgan fingerprint density at radius 3 is 2.69 bits per heavy atom. The molecule has 1 fully saturated rings. The Morgan fingerprint density at radius 2 is 1.97 bits per heavy atom. The number of anilines is 1. The average molecular weight is 398 g/mol. The van der Waals surface area contributed by atoms with Crippen molar-refractivity contribution in [2.75, 3.05) is 11.9 Å². The molecular formula is C20H16F2N4O3. The summed E-state index contributed by atoms with van der Waals surface area (Å²) in [6, 6.07) is 10.1. The van der Waals surface area contributed by atoms with E-state index in [1.54, 1.807) is 18.2 Å². The molecule has 1 aliphatic rings. The number of benzene rings is 2. The molecule has 3 rings (SSSR count). The van der Waals surface area contributed by atoms with Gasteiger partial charge in [-0.25, -0.2) is 13.6 Å². The maximum absolute atomic E-state index is 14.1. The third-order valence-electron chi connectivity index (χ3n) is 4.63. The van der Waals surface area contributed by atoms with Crippen molar-refractivity contribution in [1.82, 2.24) is 10.2 Å². The molecule has 0 bridgehead atoms. The Kier molecular flexibility index (Phi) is 5.28. The van der Waals surface area contributed by atoms with Crippen molar-refractivity contribution >= 4 is 23.5 Å². The van der Waals surface area contributed by atoms with Crippen LogP contribution in [0.2, 0.25) is 0 Å².